The molecule has 0 bridgehead atoms. The summed E-state index contributed by atoms with van der Waals surface area (Å²) in [7, 11) is 0. The maximum absolute atomic E-state index is 13.9. The van der Waals surface area contributed by atoms with Gasteiger partial charge in [-0.15, -0.1) is 0 Å². The minimum absolute atomic E-state index is 0.00194. The van der Waals surface area contributed by atoms with Crippen molar-refractivity contribution in [2.24, 2.45) is 5.73 Å². The third kappa shape index (κ3) is 5.14. The third-order valence-electron chi connectivity index (χ3n) is 5.82. The van der Waals surface area contributed by atoms with Crippen LogP contribution in [0.1, 0.15) is 64.6 Å². The van der Waals surface area contributed by atoms with Crippen LogP contribution in [0, 0.1) is 0 Å². The van der Waals surface area contributed by atoms with Gasteiger partial charge >= 0.3 is 0 Å². The van der Waals surface area contributed by atoms with E-state index in [1.165, 1.54) is 11.2 Å². The summed E-state index contributed by atoms with van der Waals surface area (Å²) in [4.78, 5) is 40.5. The molecule has 35 heavy (non-hydrogen) atoms. The predicted octanol–water partition coefficient (Wildman–Crippen LogP) is 3.26. The number of nitrogens with zero attached hydrogens (tertiary/aromatic N) is 2. The van der Waals surface area contributed by atoms with E-state index in [4.69, 9.17) is 20.6 Å². The predicted molar refractivity (Wildman–Crippen MR) is 131 cm³/mol. The van der Waals surface area contributed by atoms with Crippen LogP contribution in [-0.2, 0) is 4.79 Å². The van der Waals surface area contributed by atoms with E-state index in [0.717, 1.165) is 37.2 Å². The first-order valence-corrected chi connectivity index (χ1v) is 12.1. The molecule has 184 valence electrons. The number of nitrogen functional groups attached to an aromatic ring is 1. The monoisotopic (exact) mass is 497 g/mol. The first-order chi connectivity index (χ1) is 16.9. The van der Waals surface area contributed by atoms with E-state index in [1.807, 2.05) is 6.92 Å². The maximum atomic E-state index is 13.9. The molecule has 5 N–H and O–H groups in total. The molecule has 0 saturated heterocycles. The van der Waals surface area contributed by atoms with Gasteiger partial charge in [-0.3, -0.25) is 19.3 Å². The lowest BCUT2D eigenvalue weighted by Crippen LogP contribution is -2.46. The zero-order valence-corrected chi connectivity index (χ0v) is 20.0. The SMILES string of the molecule is CCOc1ccc(N(C(=O)c2snc(C(N)=O)c2N)[C@H](C(=O)NC2CCCC2)c2ccco2)cc1. The largest absolute Gasteiger partial charge is 0.494 e. The number of furan rings is 1. The second-order valence-electron chi connectivity index (χ2n) is 8.15. The van der Waals surface area contributed by atoms with Crippen molar-refractivity contribution in [2.75, 3.05) is 17.2 Å². The van der Waals surface area contributed by atoms with Crippen LogP contribution in [0.15, 0.2) is 47.1 Å². The van der Waals surface area contributed by atoms with Crippen LogP contribution in [0.25, 0.3) is 0 Å². The molecule has 1 aliphatic rings. The number of ether oxygens (including phenoxy) is 1. The van der Waals surface area contributed by atoms with Gasteiger partial charge in [0.25, 0.3) is 17.7 Å². The van der Waals surface area contributed by atoms with Crippen LogP contribution in [0.5, 0.6) is 5.75 Å². The molecule has 1 aliphatic carbocycles. The fourth-order valence-electron chi connectivity index (χ4n) is 4.16. The van der Waals surface area contributed by atoms with Crippen LogP contribution < -0.4 is 26.4 Å². The molecule has 2 aromatic heterocycles. The van der Waals surface area contributed by atoms with Gasteiger partial charge in [-0.2, -0.15) is 4.37 Å². The molecular weight excluding hydrogens is 470 g/mol. The number of aromatic nitrogens is 1. The van der Waals surface area contributed by atoms with E-state index in [1.54, 1.807) is 36.4 Å². The van der Waals surface area contributed by atoms with Crippen LogP contribution in [-0.4, -0.2) is 34.7 Å². The van der Waals surface area contributed by atoms with Crippen molar-refractivity contribution >= 4 is 40.6 Å². The topological polar surface area (TPSA) is 154 Å². The highest BCUT2D eigenvalue weighted by Crippen LogP contribution is 2.34. The lowest BCUT2D eigenvalue weighted by molar-refractivity contribution is -0.123. The van der Waals surface area contributed by atoms with Gasteiger partial charge in [0.05, 0.1) is 18.6 Å². The quantitative estimate of drug-likeness (QED) is 0.410. The molecule has 0 radical (unpaired) electrons. The summed E-state index contributed by atoms with van der Waals surface area (Å²) in [5.74, 6) is -0.943. The minimum Gasteiger partial charge on any atom is -0.494 e. The normalized spacial score (nSPS) is 14.4. The Kier molecular flexibility index (Phi) is 7.35. The number of carbonyl (C=O) groups is 3. The van der Waals surface area contributed by atoms with E-state index in [2.05, 4.69) is 9.69 Å². The van der Waals surface area contributed by atoms with Crippen LogP contribution in [0.3, 0.4) is 0 Å². The average molecular weight is 498 g/mol. The van der Waals surface area contributed by atoms with Gasteiger partial charge in [-0.1, -0.05) is 12.8 Å². The zero-order valence-electron chi connectivity index (χ0n) is 19.2. The number of hydrogen-bond donors (Lipinski definition) is 3. The van der Waals surface area contributed by atoms with Crippen molar-refractivity contribution < 1.29 is 23.5 Å². The first-order valence-electron chi connectivity index (χ1n) is 11.4. The van der Waals surface area contributed by atoms with Gasteiger partial charge in [-0.05, 0) is 67.7 Å². The molecule has 1 atom stereocenters. The summed E-state index contributed by atoms with van der Waals surface area (Å²) in [5.41, 5.74) is 11.5. The van der Waals surface area contributed by atoms with Gasteiger partial charge in [0.15, 0.2) is 11.7 Å². The van der Waals surface area contributed by atoms with Crippen molar-refractivity contribution in [1.82, 2.24) is 9.69 Å². The van der Waals surface area contributed by atoms with Crippen LogP contribution in [0.4, 0.5) is 11.4 Å². The van der Waals surface area contributed by atoms with Gasteiger partial charge in [0, 0.05) is 11.7 Å². The summed E-state index contributed by atoms with van der Waals surface area (Å²) in [6.45, 7) is 2.35. The molecule has 3 amide bonds. The number of benzene rings is 1. The number of nitrogens with two attached hydrogens (primary N) is 2. The number of anilines is 2. The molecular formula is C24H27N5O5S. The first kappa shape index (κ1) is 24.3. The smallest absolute Gasteiger partial charge is 0.273 e. The van der Waals surface area contributed by atoms with Crippen LogP contribution >= 0.6 is 11.5 Å². The zero-order chi connectivity index (χ0) is 24.9. The summed E-state index contributed by atoms with van der Waals surface area (Å²) in [6, 6.07) is 8.94. The summed E-state index contributed by atoms with van der Waals surface area (Å²) < 4.78 is 15.1. The molecule has 1 aromatic carbocycles. The van der Waals surface area contributed by atoms with Gasteiger partial charge in [0.2, 0.25) is 0 Å². The number of amides is 3. The van der Waals surface area contributed by atoms with E-state index >= 15 is 0 Å². The van der Waals surface area contributed by atoms with Crippen molar-refractivity contribution in [3.05, 3.63) is 59.0 Å². The fraction of sp³-hybridized carbons (Fsp3) is 0.333. The molecule has 11 heteroatoms. The van der Waals surface area contributed by atoms with E-state index < -0.39 is 17.9 Å². The fourth-order valence-corrected chi connectivity index (χ4v) is 4.90. The molecule has 1 fully saturated rings. The molecule has 2 heterocycles. The highest BCUT2D eigenvalue weighted by Gasteiger charge is 2.38. The number of nitrogens with one attached hydrogen (secondary N) is 1. The van der Waals surface area contributed by atoms with E-state index in [0.29, 0.717) is 18.0 Å². The van der Waals surface area contributed by atoms with Crippen molar-refractivity contribution in [3.63, 3.8) is 0 Å². The molecule has 0 aliphatic heterocycles. The van der Waals surface area contributed by atoms with Gasteiger partial charge in [0.1, 0.15) is 16.4 Å². The lowest BCUT2D eigenvalue weighted by atomic mass is 10.1. The van der Waals surface area contributed by atoms with Crippen molar-refractivity contribution in [1.29, 1.82) is 0 Å². The number of rotatable bonds is 9. The van der Waals surface area contributed by atoms with Crippen molar-refractivity contribution in [2.45, 2.75) is 44.7 Å². The lowest BCUT2D eigenvalue weighted by Gasteiger charge is -2.30. The second kappa shape index (κ2) is 10.6. The van der Waals surface area contributed by atoms with E-state index in [-0.39, 0.29) is 34.0 Å². The standard InChI is InChI=1S/C24H27N5O5S/c1-2-33-16-11-9-15(10-12-16)29(24(32)21-18(25)19(22(26)30)28-35-21)20(17-8-5-13-34-17)23(31)27-14-6-3-4-7-14/h5,8-14,20H,2-4,6-7,25H2,1H3,(H2,26,30)(H,27,31)/t20-/m0/s1. The van der Waals surface area contributed by atoms with Gasteiger partial charge < -0.3 is 25.9 Å². The Bertz CT molecular complexity index is 1190. The minimum atomic E-state index is -1.13. The Labute approximate surface area is 206 Å². The maximum Gasteiger partial charge on any atom is 0.273 e. The molecule has 4 rings (SSSR count). The van der Waals surface area contributed by atoms with Crippen molar-refractivity contribution in [3.8, 4) is 5.75 Å². The molecule has 0 unspecified atom stereocenters. The molecule has 1 saturated carbocycles. The number of hydrogen-bond acceptors (Lipinski definition) is 8. The number of primary amides is 1. The van der Waals surface area contributed by atoms with Crippen LogP contribution in [0.2, 0.25) is 0 Å². The third-order valence-corrected chi connectivity index (χ3v) is 6.67. The molecule has 10 nitrogen and oxygen atoms in total. The Morgan fingerprint density at radius 3 is 2.51 bits per heavy atom. The Morgan fingerprint density at radius 1 is 1.23 bits per heavy atom. The van der Waals surface area contributed by atoms with Gasteiger partial charge in [-0.25, -0.2) is 0 Å². The highest BCUT2D eigenvalue weighted by molar-refractivity contribution is 7.09. The molecule has 3 aromatic rings. The van der Waals surface area contributed by atoms with E-state index in [9.17, 15) is 14.4 Å². The second-order valence-corrected chi connectivity index (χ2v) is 8.92. The molecule has 0 spiro atoms. The Balaban J connectivity index is 1.79. The Morgan fingerprint density at radius 2 is 1.94 bits per heavy atom. The average Bonchev–Trinajstić information content (AvgIpc) is 3.60. The summed E-state index contributed by atoms with van der Waals surface area (Å²) in [6.07, 6.45) is 5.25. The highest BCUT2D eigenvalue weighted by atomic mass is 32.1. The Hall–Kier alpha value is -3.86. The summed E-state index contributed by atoms with van der Waals surface area (Å²) in [5, 5.41) is 3.06. The summed E-state index contributed by atoms with van der Waals surface area (Å²) >= 11 is 0.752. The number of carbonyl (C=O) groups excluding carboxylic acids is 3.